The number of esters is 1. The molecule has 2 aromatic rings. The number of carbonyl (C=O) groups excluding carboxylic acids is 4. The predicted octanol–water partition coefficient (Wildman–Crippen LogP) is 5.56. The maximum absolute atomic E-state index is 13.6. The number of ether oxygens (including phenoxy) is 2. The Morgan fingerprint density at radius 2 is 1.70 bits per heavy atom. The van der Waals surface area contributed by atoms with Crippen molar-refractivity contribution in [1.82, 2.24) is 15.5 Å². The van der Waals surface area contributed by atoms with Gasteiger partial charge in [0.2, 0.25) is 11.8 Å². The Balaban J connectivity index is 1.41. The van der Waals surface area contributed by atoms with Crippen LogP contribution in [0.25, 0.3) is 0 Å². The second-order valence-electron chi connectivity index (χ2n) is 11.6. The number of nitrogens with one attached hydrogen (secondary N) is 2. The van der Waals surface area contributed by atoms with Crippen LogP contribution in [0.4, 0.5) is 4.79 Å². The zero-order chi connectivity index (χ0) is 30.8. The fraction of sp³-hybridized carbons (Fsp3) is 0.515. The van der Waals surface area contributed by atoms with Crippen LogP contribution in [0.15, 0.2) is 54.6 Å². The summed E-state index contributed by atoms with van der Waals surface area (Å²) in [6.07, 6.45) is 5.62. The van der Waals surface area contributed by atoms with Crippen molar-refractivity contribution in [3.8, 4) is 0 Å². The van der Waals surface area contributed by atoms with Gasteiger partial charge < -0.3 is 25.0 Å². The number of nitrogens with zero attached hydrogens (tertiary/aromatic N) is 1. The van der Waals surface area contributed by atoms with Gasteiger partial charge in [-0.1, -0.05) is 86.2 Å². The summed E-state index contributed by atoms with van der Waals surface area (Å²) >= 11 is 6.03. The summed E-state index contributed by atoms with van der Waals surface area (Å²) in [7, 11) is 1.26. The SMILES string of the molecule is COC(=O)C(CC1CCN(C(C)c2ccccc2)C1=O)NC(=O)[C@H](CC1CCCCC1)NC(=O)OCc1cccc(Cl)c1. The molecular formula is C33H42ClN3O6. The molecule has 2 fully saturated rings. The minimum atomic E-state index is -1.03. The van der Waals surface area contributed by atoms with E-state index in [1.54, 1.807) is 24.3 Å². The number of alkyl carbamates (subject to hydrolysis) is 1. The van der Waals surface area contributed by atoms with Gasteiger partial charge >= 0.3 is 12.1 Å². The molecule has 9 nitrogen and oxygen atoms in total. The van der Waals surface area contributed by atoms with Gasteiger partial charge in [-0.15, -0.1) is 0 Å². The smallest absolute Gasteiger partial charge is 0.408 e. The van der Waals surface area contributed by atoms with Crippen molar-refractivity contribution in [3.63, 3.8) is 0 Å². The van der Waals surface area contributed by atoms with E-state index in [4.69, 9.17) is 21.1 Å². The molecule has 2 aromatic carbocycles. The largest absolute Gasteiger partial charge is 0.467 e. The van der Waals surface area contributed by atoms with E-state index in [0.717, 1.165) is 43.2 Å². The topological polar surface area (TPSA) is 114 Å². The normalized spacial score (nSPS) is 19.3. The Morgan fingerprint density at radius 1 is 0.953 bits per heavy atom. The van der Waals surface area contributed by atoms with E-state index in [2.05, 4.69) is 10.6 Å². The highest BCUT2D eigenvalue weighted by Gasteiger charge is 2.39. The van der Waals surface area contributed by atoms with Crippen LogP contribution in [-0.4, -0.2) is 54.5 Å². The molecule has 4 rings (SSSR count). The van der Waals surface area contributed by atoms with Crippen LogP contribution < -0.4 is 10.6 Å². The highest BCUT2D eigenvalue weighted by atomic mass is 35.5. The summed E-state index contributed by atoms with van der Waals surface area (Å²) in [5, 5.41) is 6.05. The van der Waals surface area contributed by atoms with Crippen molar-refractivity contribution in [3.05, 3.63) is 70.7 Å². The first-order chi connectivity index (χ1) is 20.7. The average Bonchev–Trinajstić information content (AvgIpc) is 3.38. The Labute approximate surface area is 258 Å². The number of amides is 3. The molecule has 43 heavy (non-hydrogen) atoms. The Hall–Kier alpha value is -3.59. The molecule has 0 radical (unpaired) electrons. The number of hydrogen-bond donors (Lipinski definition) is 2. The molecule has 4 atom stereocenters. The van der Waals surface area contributed by atoms with Crippen molar-refractivity contribution in [1.29, 1.82) is 0 Å². The molecular weight excluding hydrogens is 570 g/mol. The minimum Gasteiger partial charge on any atom is -0.467 e. The van der Waals surface area contributed by atoms with Gasteiger partial charge in [-0.05, 0) is 55.4 Å². The standard InChI is InChI=1S/C33H42ClN3O6/c1-22(25-13-7-4-8-14-25)37-17-16-26(31(37)39)20-29(32(40)42-2)35-30(38)28(19-23-10-5-3-6-11-23)36-33(41)43-21-24-12-9-15-27(34)18-24/h4,7-9,12-15,18,22-23,26,28-29H,3,5-6,10-11,16-17,19-21H2,1-2H3,(H,35,38)(H,36,41)/t22?,26?,28-,29?/m0/s1. The summed E-state index contributed by atoms with van der Waals surface area (Å²) in [5.41, 5.74) is 1.76. The lowest BCUT2D eigenvalue weighted by molar-refractivity contribution is -0.146. The summed E-state index contributed by atoms with van der Waals surface area (Å²) < 4.78 is 10.4. The Morgan fingerprint density at radius 3 is 2.40 bits per heavy atom. The summed E-state index contributed by atoms with van der Waals surface area (Å²) in [6, 6.07) is 14.7. The number of carbonyl (C=O) groups is 4. The molecule has 0 aromatic heterocycles. The third-order valence-electron chi connectivity index (χ3n) is 8.58. The van der Waals surface area contributed by atoms with E-state index in [-0.39, 0.29) is 30.9 Å². The van der Waals surface area contributed by atoms with E-state index >= 15 is 0 Å². The molecule has 2 aliphatic rings. The number of hydrogen-bond acceptors (Lipinski definition) is 6. The Bertz CT molecular complexity index is 1250. The maximum atomic E-state index is 13.6. The van der Waals surface area contributed by atoms with Gasteiger partial charge in [0.15, 0.2) is 0 Å². The third kappa shape index (κ3) is 9.20. The van der Waals surface area contributed by atoms with Crippen molar-refractivity contribution in [2.45, 2.75) is 83.0 Å². The second kappa shape index (κ2) is 15.8. The summed E-state index contributed by atoms with van der Waals surface area (Å²) in [5.74, 6) is -1.36. The molecule has 0 bridgehead atoms. The number of benzene rings is 2. The predicted molar refractivity (Wildman–Crippen MR) is 163 cm³/mol. The molecule has 1 heterocycles. The van der Waals surface area contributed by atoms with E-state index in [1.807, 2.05) is 42.2 Å². The van der Waals surface area contributed by atoms with Crippen LogP contribution in [0.5, 0.6) is 0 Å². The molecule has 3 amide bonds. The van der Waals surface area contributed by atoms with E-state index < -0.39 is 36.0 Å². The molecule has 1 saturated carbocycles. The van der Waals surface area contributed by atoms with Crippen LogP contribution in [0, 0.1) is 11.8 Å². The van der Waals surface area contributed by atoms with Gasteiger partial charge in [-0.2, -0.15) is 0 Å². The van der Waals surface area contributed by atoms with Crippen molar-refractivity contribution in [2.24, 2.45) is 11.8 Å². The first-order valence-corrected chi connectivity index (χ1v) is 15.5. The maximum Gasteiger partial charge on any atom is 0.408 e. The van der Waals surface area contributed by atoms with E-state index in [1.165, 1.54) is 7.11 Å². The van der Waals surface area contributed by atoms with Gasteiger partial charge in [0, 0.05) is 17.5 Å². The van der Waals surface area contributed by atoms with E-state index in [0.29, 0.717) is 24.4 Å². The van der Waals surface area contributed by atoms with Gasteiger partial charge in [0.05, 0.1) is 13.2 Å². The van der Waals surface area contributed by atoms with Crippen molar-refractivity contribution in [2.75, 3.05) is 13.7 Å². The first-order valence-electron chi connectivity index (χ1n) is 15.2. The molecule has 1 saturated heterocycles. The van der Waals surface area contributed by atoms with Crippen LogP contribution in [-0.2, 0) is 30.5 Å². The second-order valence-corrected chi connectivity index (χ2v) is 12.0. The van der Waals surface area contributed by atoms with Crippen LogP contribution in [0.2, 0.25) is 5.02 Å². The molecule has 10 heteroatoms. The molecule has 0 spiro atoms. The van der Waals surface area contributed by atoms with Gasteiger partial charge in [-0.25, -0.2) is 9.59 Å². The molecule has 1 aliphatic carbocycles. The van der Waals surface area contributed by atoms with E-state index in [9.17, 15) is 19.2 Å². The van der Waals surface area contributed by atoms with Crippen LogP contribution in [0.1, 0.15) is 75.5 Å². The third-order valence-corrected chi connectivity index (χ3v) is 8.82. The lowest BCUT2D eigenvalue weighted by atomic mass is 9.84. The summed E-state index contributed by atoms with van der Waals surface area (Å²) in [4.78, 5) is 54.4. The van der Waals surface area contributed by atoms with Gasteiger partial charge in [0.1, 0.15) is 18.7 Å². The highest BCUT2D eigenvalue weighted by molar-refractivity contribution is 6.30. The zero-order valence-electron chi connectivity index (χ0n) is 24.9. The molecule has 2 N–H and O–H groups in total. The van der Waals surface area contributed by atoms with Crippen LogP contribution >= 0.6 is 11.6 Å². The lowest BCUT2D eigenvalue weighted by Gasteiger charge is -2.28. The molecule has 232 valence electrons. The Kier molecular flexibility index (Phi) is 11.8. The number of likely N-dealkylation sites (tertiary alicyclic amines) is 1. The quantitative estimate of drug-likeness (QED) is 0.304. The van der Waals surface area contributed by atoms with Crippen molar-refractivity contribution < 1.29 is 28.7 Å². The molecule has 3 unspecified atom stereocenters. The fourth-order valence-electron chi connectivity index (χ4n) is 6.14. The number of rotatable bonds is 12. The number of halogens is 1. The highest BCUT2D eigenvalue weighted by Crippen LogP contribution is 2.31. The fourth-order valence-corrected chi connectivity index (χ4v) is 6.35. The molecule has 1 aliphatic heterocycles. The van der Waals surface area contributed by atoms with Gasteiger partial charge in [0.25, 0.3) is 0 Å². The minimum absolute atomic E-state index is 0.00333. The zero-order valence-corrected chi connectivity index (χ0v) is 25.7. The number of methoxy groups -OCH3 is 1. The van der Waals surface area contributed by atoms with Crippen LogP contribution in [0.3, 0.4) is 0 Å². The average molecular weight is 612 g/mol. The van der Waals surface area contributed by atoms with Crippen molar-refractivity contribution >= 4 is 35.5 Å². The first kappa shape index (κ1) is 32.3. The van der Waals surface area contributed by atoms with Gasteiger partial charge in [-0.3, -0.25) is 9.59 Å². The summed E-state index contributed by atoms with van der Waals surface area (Å²) in [6.45, 7) is 2.55. The monoisotopic (exact) mass is 611 g/mol. The lowest BCUT2D eigenvalue weighted by Crippen LogP contribution is -2.53.